The highest BCUT2D eigenvalue weighted by molar-refractivity contribution is 6.34. The topological polar surface area (TPSA) is 73.7 Å². The zero-order valence-corrected chi connectivity index (χ0v) is 20.4. The van der Waals surface area contributed by atoms with Gasteiger partial charge < -0.3 is 9.47 Å². The highest BCUT2D eigenvalue weighted by atomic mass is 35.5. The molecule has 1 atom stereocenters. The molecule has 1 aromatic carbocycles. The van der Waals surface area contributed by atoms with Crippen LogP contribution in [0.5, 0.6) is 0 Å². The fourth-order valence-corrected chi connectivity index (χ4v) is 3.54. The van der Waals surface area contributed by atoms with E-state index in [1.165, 1.54) is 20.8 Å². The summed E-state index contributed by atoms with van der Waals surface area (Å²) in [5.41, 5.74) is -8.43. The lowest BCUT2D eigenvalue weighted by atomic mass is 10.1. The van der Waals surface area contributed by atoms with Gasteiger partial charge in [0.05, 0.1) is 28.4 Å². The number of aromatic nitrogens is 2. The van der Waals surface area contributed by atoms with Crippen molar-refractivity contribution in [2.45, 2.75) is 52.1 Å². The predicted molar refractivity (Wildman–Crippen MR) is 115 cm³/mol. The Balaban J connectivity index is 3.16. The number of ether oxygens (including phenoxy) is 2. The monoisotopic (exact) mass is 583 g/mol. The molecule has 0 aliphatic carbocycles. The Hall–Kier alpha value is -3.01. The van der Waals surface area contributed by atoms with E-state index in [2.05, 4.69) is 4.98 Å². The number of halogens is 10. The molecule has 1 heterocycles. The molecule has 0 radical (unpaired) electrons. The van der Waals surface area contributed by atoms with Crippen LogP contribution in [0, 0.1) is 0 Å². The summed E-state index contributed by atoms with van der Waals surface area (Å²) in [6, 6.07) is -0.175. The molecule has 0 aliphatic heterocycles. The number of nitrogens with zero attached hydrogens (tertiary/aromatic N) is 3. The van der Waals surface area contributed by atoms with Crippen LogP contribution in [0.4, 0.5) is 51.1 Å². The number of hydrogen-bond donors (Lipinski definition) is 0. The second-order valence-electron chi connectivity index (χ2n) is 7.30. The van der Waals surface area contributed by atoms with Crippen LogP contribution < -0.4 is 10.5 Å². The van der Waals surface area contributed by atoms with Crippen LogP contribution in [0.1, 0.15) is 37.6 Å². The third-order valence-corrected chi connectivity index (χ3v) is 5.20. The van der Waals surface area contributed by atoms with E-state index in [-0.39, 0.29) is 29.7 Å². The fourth-order valence-electron chi connectivity index (χ4n) is 3.23. The first-order valence-corrected chi connectivity index (χ1v) is 11.0. The standard InChI is InChI=1S/C21H19ClF9N3O4/c1-4-33-14(35)9-13(21(29,30)31)32-18(33)34(16(37-5-2)17(36)38-6-3)12-8-10(19(23,24)25)7-11(15(12)22)20(26,27)28/h7-9,16H,4-6H2,1-3H3. The lowest BCUT2D eigenvalue weighted by Crippen LogP contribution is -2.45. The van der Waals surface area contributed by atoms with Crippen molar-refractivity contribution in [1.82, 2.24) is 9.55 Å². The molecular weight excluding hydrogens is 565 g/mol. The van der Waals surface area contributed by atoms with Gasteiger partial charge >= 0.3 is 24.5 Å². The van der Waals surface area contributed by atoms with Gasteiger partial charge in [0, 0.05) is 19.2 Å². The molecule has 1 unspecified atom stereocenters. The molecule has 2 aromatic rings. The van der Waals surface area contributed by atoms with Gasteiger partial charge in [-0.05, 0) is 32.9 Å². The number of alkyl halides is 9. The van der Waals surface area contributed by atoms with E-state index >= 15 is 0 Å². The summed E-state index contributed by atoms with van der Waals surface area (Å²) in [6.45, 7) is 2.53. The molecule has 2 rings (SSSR count). The van der Waals surface area contributed by atoms with Crippen LogP contribution in [-0.4, -0.2) is 35.0 Å². The van der Waals surface area contributed by atoms with E-state index in [0.29, 0.717) is 4.57 Å². The molecule has 7 nitrogen and oxygen atoms in total. The van der Waals surface area contributed by atoms with E-state index in [1.54, 1.807) is 0 Å². The van der Waals surface area contributed by atoms with Crippen molar-refractivity contribution in [3.8, 4) is 0 Å². The highest BCUT2D eigenvalue weighted by Gasteiger charge is 2.43. The summed E-state index contributed by atoms with van der Waals surface area (Å²) in [5.74, 6) is -2.60. The van der Waals surface area contributed by atoms with Gasteiger partial charge in [0.25, 0.3) is 5.56 Å². The zero-order valence-electron chi connectivity index (χ0n) is 19.7. The Labute approximate surface area is 213 Å². The van der Waals surface area contributed by atoms with Crippen LogP contribution in [0.2, 0.25) is 5.02 Å². The van der Waals surface area contributed by atoms with Gasteiger partial charge in [-0.1, -0.05) is 11.6 Å². The molecule has 212 valence electrons. The predicted octanol–water partition coefficient (Wildman–Crippen LogP) is 6.04. The Morgan fingerprint density at radius 1 is 0.974 bits per heavy atom. The van der Waals surface area contributed by atoms with Crippen molar-refractivity contribution in [1.29, 1.82) is 0 Å². The molecule has 0 saturated carbocycles. The van der Waals surface area contributed by atoms with E-state index in [0.717, 1.165) is 0 Å². The minimum absolute atomic E-state index is 0.0647. The Morgan fingerprint density at radius 3 is 2.03 bits per heavy atom. The maximum absolute atomic E-state index is 13.7. The molecule has 0 bridgehead atoms. The smallest absolute Gasteiger partial charge is 0.433 e. The third-order valence-electron chi connectivity index (χ3n) is 4.80. The van der Waals surface area contributed by atoms with E-state index < -0.39 is 82.9 Å². The maximum Gasteiger partial charge on any atom is 0.433 e. The number of benzene rings is 1. The minimum atomic E-state index is -5.48. The average molecular weight is 584 g/mol. The van der Waals surface area contributed by atoms with Crippen molar-refractivity contribution >= 4 is 29.2 Å². The number of rotatable bonds is 8. The second kappa shape index (κ2) is 11.4. The molecule has 0 fully saturated rings. The van der Waals surface area contributed by atoms with Gasteiger partial charge in [-0.3, -0.25) is 14.3 Å². The highest BCUT2D eigenvalue weighted by Crippen LogP contribution is 2.46. The first-order chi connectivity index (χ1) is 17.4. The summed E-state index contributed by atoms with van der Waals surface area (Å²) in [5, 5.41) is -1.44. The quantitative estimate of drug-likeness (QED) is 0.214. The molecule has 0 N–H and O–H groups in total. The SMILES string of the molecule is CCOC(=O)C(OCC)N(c1cc(C(F)(F)F)cc(C(F)(F)F)c1Cl)c1nc(C(F)(F)F)cc(=O)n1CC. The number of carbonyl (C=O) groups is 1. The first-order valence-electron chi connectivity index (χ1n) is 10.6. The van der Waals surface area contributed by atoms with E-state index in [4.69, 9.17) is 21.1 Å². The zero-order chi connectivity index (χ0) is 29.2. The third kappa shape index (κ3) is 6.70. The lowest BCUT2D eigenvalue weighted by Gasteiger charge is -2.33. The number of hydrogen-bond acceptors (Lipinski definition) is 6. The summed E-state index contributed by atoms with van der Waals surface area (Å²) in [4.78, 5) is 28.7. The Kier molecular flexibility index (Phi) is 9.35. The molecule has 0 aliphatic rings. The van der Waals surface area contributed by atoms with Gasteiger partial charge in [-0.15, -0.1) is 0 Å². The van der Waals surface area contributed by atoms with Gasteiger partial charge in [0.1, 0.15) is 0 Å². The van der Waals surface area contributed by atoms with Crippen molar-refractivity contribution in [3.63, 3.8) is 0 Å². The van der Waals surface area contributed by atoms with Crippen molar-refractivity contribution < 1.29 is 53.8 Å². The molecular formula is C21H19ClF9N3O4. The minimum Gasteiger partial charge on any atom is -0.463 e. The molecule has 1 aromatic heterocycles. The number of carbonyl (C=O) groups excluding carboxylic acids is 1. The molecule has 0 amide bonds. The van der Waals surface area contributed by atoms with Crippen LogP contribution >= 0.6 is 11.6 Å². The van der Waals surface area contributed by atoms with E-state index in [1.807, 2.05) is 0 Å². The van der Waals surface area contributed by atoms with Crippen LogP contribution in [-0.2, 0) is 39.3 Å². The van der Waals surface area contributed by atoms with Gasteiger partial charge in [0.15, 0.2) is 5.69 Å². The van der Waals surface area contributed by atoms with Gasteiger partial charge in [0.2, 0.25) is 12.2 Å². The van der Waals surface area contributed by atoms with Crippen LogP contribution in [0.15, 0.2) is 23.0 Å². The van der Waals surface area contributed by atoms with Crippen molar-refractivity contribution in [2.24, 2.45) is 0 Å². The number of esters is 1. The summed E-state index contributed by atoms with van der Waals surface area (Å²) >= 11 is 5.88. The van der Waals surface area contributed by atoms with Crippen LogP contribution in [0.3, 0.4) is 0 Å². The van der Waals surface area contributed by atoms with Crippen molar-refractivity contribution in [3.05, 3.63) is 50.4 Å². The fraction of sp³-hybridized carbons (Fsp3) is 0.476. The summed E-state index contributed by atoms with van der Waals surface area (Å²) in [7, 11) is 0. The van der Waals surface area contributed by atoms with Crippen LogP contribution in [0.25, 0.3) is 0 Å². The largest absolute Gasteiger partial charge is 0.463 e. The molecule has 38 heavy (non-hydrogen) atoms. The Morgan fingerprint density at radius 2 is 1.58 bits per heavy atom. The lowest BCUT2D eigenvalue weighted by molar-refractivity contribution is -0.155. The van der Waals surface area contributed by atoms with E-state index in [9.17, 15) is 49.1 Å². The van der Waals surface area contributed by atoms with Gasteiger partial charge in [-0.2, -0.15) is 39.5 Å². The molecule has 17 heteroatoms. The Bertz CT molecular complexity index is 1230. The van der Waals surface area contributed by atoms with Crippen molar-refractivity contribution in [2.75, 3.05) is 18.1 Å². The molecule has 0 saturated heterocycles. The summed E-state index contributed by atoms with van der Waals surface area (Å²) < 4.78 is 133. The first kappa shape index (κ1) is 31.2. The number of anilines is 2. The normalized spacial score (nSPS) is 13.4. The maximum atomic E-state index is 13.7. The average Bonchev–Trinajstić information content (AvgIpc) is 2.77. The second-order valence-corrected chi connectivity index (χ2v) is 7.68. The molecule has 0 spiro atoms. The van der Waals surface area contributed by atoms with Gasteiger partial charge in [-0.25, -0.2) is 9.78 Å². The summed E-state index contributed by atoms with van der Waals surface area (Å²) in [6.07, 6.45) is -18.5.